The molecule has 21 heavy (non-hydrogen) atoms. The van der Waals surface area contributed by atoms with E-state index in [4.69, 9.17) is 0 Å². The Bertz CT molecular complexity index is 730. The summed E-state index contributed by atoms with van der Waals surface area (Å²) in [4.78, 5) is 8.08. The molecule has 114 valence electrons. The van der Waals surface area contributed by atoms with Crippen molar-refractivity contribution in [2.24, 2.45) is 5.92 Å². The first kappa shape index (κ1) is 14.5. The lowest BCUT2D eigenvalue weighted by molar-refractivity contribution is 0.352. The summed E-state index contributed by atoms with van der Waals surface area (Å²) in [6.07, 6.45) is 5.65. The van der Waals surface area contributed by atoms with E-state index in [1.54, 1.807) is 12.1 Å². The Hall–Kier alpha value is -1.40. The van der Waals surface area contributed by atoms with Crippen LogP contribution in [-0.2, 0) is 16.3 Å². The third-order valence-corrected chi connectivity index (χ3v) is 5.30. The summed E-state index contributed by atoms with van der Waals surface area (Å²) in [6.45, 7) is 2.20. The van der Waals surface area contributed by atoms with Crippen LogP contribution in [0.4, 0.5) is 0 Å². The summed E-state index contributed by atoms with van der Waals surface area (Å²) in [5.74, 6) is 1.63. The molecule has 1 aromatic heterocycles. The van der Waals surface area contributed by atoms with Gasteiger partial charge in [-0.3, -0.25) is 0 Å². The van der Waals surface area contributed by atoms with Crippen LogP contribution in [0.25, 0.3) is 11.0 Å². The summed E-state index contributed by atoms with van der Waals surface area (Å²) in [5.41, 5.74) is 1.37. The molecule has 0 spiro atoms. The Labute approximate surface area is 125 Å². The van der Waals surface area contributed by atoms with Crippen molar-refractivity contribution in [3.05, 3.63) is 24.0 Å². The van der Waals surface area contributed by atoms with Crippen molar-refractivity contribution < 1.29 is 8.42 Å². The molecule has 3 rings (SSSR count). The lowest BCUT2D eigenvalue weighted by atomic mass is 9.93. The number of H-pyrrole nitrogens is 1. The number of piperidine rings is 1. The van der Waals surface area contributed by atoms with Gasteiger partial charge in [0.1, 0.15) is 11.3 Å². The number of sulfone groups is 1. The fourth-order valence-electron chi connectivity index (χ4n) is 2.99. The highest BCUT2D eigenvalue weighted by molar-refractivity contribution is 7.91. The van der Waals surface area contributed by atoms with Crippen LogP contribution in [0.2, 0.25) is 0 Å². The van der Waals surface area contributed by atoms with E-state index < -0.39 is 9.84 Å². The Kier molecular flexibility index (Phi) is 3.99. The van der Waals surface area contributed by atoms with Gasteiger partial charge in [0.25, 0.3) is 0 Å². The highest BCUT2D eigenvalue weighted by atomic mass is 32.2. The number of benzene rings is 1. The topological polar surface area (TPSA) is 74.8 Å². The molecule has 5 nitrogen and oxygen atoms in total. The van der Waals surface area contributed by atoms with E-state index in [1.807, 2.05) is 6.07 Å². The molecule has 2 N–H and O–H groups in total. The number of aromatic amines is 1. The smallest absolute Gasteiger partial charge is 0.177 e. The number of fused-ring (bicyclic) bond motifs is 1. The lowest BCUT2D eigenvalue weighted by Crippen LogP contribution is -2.27. The minimum atomic E-state index is -3.24. The van der Waals surface area contributed by atoms with Gasteiger partial charge in [-0.2, -0.15) is 0 Å². The van der Waals surface area contributed by atoms with Gasteiger partial charge in [0.05, 0.1) is 10.4 Å². The quantitative estimate of drug-likeness (QED) is 0.904. The van der Waals surface area contributed by atoms with Crippen LogP contribution in [0.1, 0.15) is 25.1 Å². The molecule has 0 bridgehead atoms. The fourth-order valence-corrected chi connectivity index (χ4v) is 3.82. The number of hydrogen-bond acceptors (Lipinski definition) is 4. The summed E-state index contributed by atoms with van der Waals surface area (Å²) in [5, 5.41) is 3.37. The van der Waals surface area contributed by atoms with Gasteiger partial charge in [-0.1, -0.05) is 6.07 Å². The van der Waals surface area contributed by atoms with Gasteiger partial charge in [0.2, 0.25) is 0 Å². The van der Waals surface area contributed by atoms with Gasteiger partial charge in [-0.15, -0.1) is 0 Å². The molecule has 1 saturated heterocycles. The predicted octanol–water partition coefficient (Wildman–Crippen LogP) is 1.90. The zero-order chi connectivity index (χ0) is 14.9. The Morgan fingerprint density at radius 2 is 2.05 bits per heavy atom. The van der Waals surface area contributed by atoms with Crippen LogP contribution in [0.5, 0.6) is 0 Å². The molecule has 0 unspecified atom stereocenters. The van der Waals surface area contributed by atoms with Gasteiger partial charge in [0, 0.05) is 12.7 Å². The Morgan fingerprint density at radius 1 is 1.29 bits per heavy atom. The van der Waals surface area contributed by atoms with Gasteiger partial charge < -0.3 is 10.3 Å². The van der Waals surface area contributed by atoms with Gasteiger partial charge in [-0.05, 0) is 50.4 Å². The first-order valence-electron chi connectivity index (χ1n) is 7.42. The van der Waals surface area contributed by atoms with E-state index in [9.17, 15) is 8.42 Å². The first-order valence-corrected chi connectivity index (χ1v) is 9.31. The Balaban J connectivity index is 1.81. The second-order valence-electron chi connectivity index (χ2n) is 5.84. The van der Waals surface area contributed by atoms with Crippen molar-refractivity contribution in [3.63, 3.8) is 0 Å². The SMILES string of the molecule is CS(=O)(=O)c1cccc2[nH]c(CCC3CCNCC3)nc12. The second kappa shape index (κ2) is 5.77. The number of imidazole rings is 1. The number of para-hydroxylation sites is 1. The average Bonchev–Trinajstić information content (AvgIpc) is 2.87. The van der Waals surface area contributed by atoms with Crippen molar-refractivity contribution >= 4 is 20.9 Å². The lowest BCUT2D eigenvalue weighted by Gasteiger charge is -2.21. The number of hydrogen-bond donors (Lipinski definition) is 2. The molecule has 0 radical (unpaired) electrons. The van der Waals surface area contributed by atoms with Crippen molar-refractivity contribution in [1.29, 1.82) is 0 Å². The summed E-state index contributed by atoms with van der Waals surface area (Å²) < 4.78 is 23.6. The van der Waals surface area contributed by atoms with Crippen molar-refractivity contribution in [2.75, 3.05) is 19.3 Å². The molecule has 0 amide bonds. The molecule has 2 aromatic rings. The molecule has 1 fully saturated rings. The van der Waals surface area contributed by atoms with Crippen molar-refractivity contribution in [2.45, 2.75) is 30.6 Å². The number of aromatic nitrogens is 2. The zero-order valence-corrected chi connectivity index (χ0v) is 13.0. The second-order valence-corrected chi connectivity index (χ2v) is 7.82. The fraction of sp³-hybridized carbons (Fsp3) is 0.533. The normalized spacial score (nSPS) is 17.4. The number of rotatable bonds is 4. The molecule has 0 aliphatic carbocycles. The van der Waals surface area contributed by atoms with E-state index in [0.29, 0.717) is 10.4 Å². The van der Waals surface area contributed by atoms with E-state index >= 15 is 0 Å². The molecular formula is C15H21N3O2S. The highest BCUT2D eigenvalue weighted by Crippen LogP contribution is 2.23. The summed E-state index contributed by atoms with van der Waals surface area (Å²) >= 11 is 0. The maximum atomic E-state index is 11.8. The monoisotopic (exact) mass is 307 g/mol. The predicted molar refractivity (Wildman–Crippen MR) is 83.1 cm³/mol. The third-order valence-electron chi connectivity index (χ3n) is 4.17. The van der Waals surface area contributed by atoms with Crippen LogP contribution in [0.15, 0.2) is 23.1 Å². The number of nitrogens with one attached hydrogen (secondary N) is 2. The van der Waals surface area contributed by atoms with Crippen LogP contribution in [0, 0.1) is 5.92 Å². The molecular weight excluding hydrogens is 286 g/mol. The zero-order valence-electron chi connectivity index (χ0n) is 12.2. The summed E-state index contributed by atoms with van der Waals surface area (Å²) in [6, 6.07) is 5.26. The Morgan fingerprint density at radius 3 is 2.76 bits per heavy atom. The highest BCUT2D eigenvalue weighted by Gasteiger charge is 2.17. The van der Waals surface area contributed by atoms with E-state index in [1.165, 1.54) is 19.1 Å². The van der Waals surface area contributed by atoms with Gasteiger partial charge in [0.15, 0.2) is 9.84 Å². The van der Waals surface area contributed by atoms with Crippen LogP contribution < -0.4 is 5.32 Å². The standard InChI is InChI=1S/C15H21N3O2S/c1-21(19,20)13-4-2-3-12-15(13)18-14(17-12)6-5-11-7-9-16-10-8-11/h2-4,11,16H,5-10H2,1H3,(H,17,18). The van der Waals surface area contributed by atoms with Crippen LogP contribution in [-0.4, -0.2) is 37.7 Å². The van der Waals surface area contributed by atoms with Gasteiger partial charge in [-0.25, -0.2) is 13.4 Å². The van der Waals surface area contributed by atoms with E-state index in [-0.39, 0.29) is 0 Å². The van der Waals surface area contributed by atoms with E-state index in [2.05, 4.69) is 15.3 Å². The molecule has 1 aromatic carbocycles. The molecule has 2 heterocycles. The molecule has 0 saturated carbocycles. The average molecular weight is 307 g/mol. The largest absolute Gasteiger partial charge is 0.342 e. The van der Waals surface area contributed by atoms with E-state index in [0.717, 1.165) is 43.2 Å². The minimum absolute atomic E-state index is 0.310. The summed E-state index contributed by atoms with van der Waals surface area (Å²) in [7, 11) is -3.24. The number of aryl methyl sites for hydroxylation is 1. The van der Waals surface area contributed by atoms with Gasteiger partial charge >= 0.3 is 0 Å². The van der Waals surface area contributed by atoms with Crippen molar-refractivity contribution in [1.82, 2.24) is 15.3 Å². The molecule has 1 aliphatic heterocycles. The van der Waals surface area contributed by atoms with Crippen molar-refractivity contribution in [3.8, 4) is 0 Å². The third kappa shape index (κ3) is 3.27. The molecule has 1 aliphatic rings. The van der Waals surface area contributed by atoms with Crippen LogP contribution in [0.3, 0.4) is 0 Å². The maximum absolute atomic E-state index is 11.8. The van der Waals surface area contributed by atoms with Crippen LogP contribution >= 0.6 is 0 Å². The maximum Gasteiger partial charge on any atom is 0.177 e. The molecule has 0 atom stereocenters. The first-order chi connectivity index (χ1) is 10.0. The number of nitrogens with zero attached hydrogens (tertiary/aromatic N) is 1. The minimum Gasteiger partial charge on any atom is -0.342 e. The molecule has 6 heteroatoms.